The van der Waals surface area contributed by atoms with Crippen LogP contribution in [0.3, 0.4) is 0 Å². The Morgan fingerprint density at radius 2 is 1.86 bits per heavy atom. The van der Waals surface area contributed by atoms with Crippen molar-refractivity contribution < 1.29 is 18.0 Å². The fourth-order valence-corrected chi connectivity index (χ4v) is 2.00. The molecule has 118 valence electrons. The molecule has 2 N–H and O–H groups in total. The van der Waals surface area contributed by atoms with Gasteiger partial charge in [-0.05, 0) is 38.1 Å². The molecular formula is C15H21F3N2O. The summed E-state index contributed by atoms with van der Waals surface area (Å²) in [5.74, 6) is -0.212. The largest absolute Gasteiger partial charge is 0.416 e. The minimum absolute atomic E-state index is 0.0912. The van der Waals surface area contributed by atoms with Crippen LogP contribution in [-0.4, -0.2) is 19.5 Å². The average Bonchev–Trinajstić information content (AvgIpc) is 2.44. The molecule has 0 saturated carbocycles. The molecular weight excluding hydrogens is 281 g/mol. The Kier molecular flexibility index (Phi) is 7.22. The van der Waals surface area contributed by atoms with E-state index in [2.05, 4.69) is 10.6 Å². The molecule has 0 bridgehead atoms. The number of benzene rings is 1. The van der Waals surface area contributed by atoms with Crippen LogP contribution in [0, 0.1) is 0 Å². The van der Waals surface area contributed by atoms with Crippen LogP contribution in [0.2, 0.25) is 0 Å². The van der Waals surface area contributed by atoms with E-state index in [1.165, 1.54) is 18.2 Å². The van der Waals surface area contributed by atoms with Crippen LogP contribution >= 0.6 is 0 Å². The number of carbonyl (C=O) groups excluding carboxylic acids is 1. The Labute approximate surface area is 122 Å². The molecule has 1 rings (SSSR count). The molecule has 0 aliphatic rings. The predicted molar refractivity (Wildman–Crippen MR) is 75.7 cm³/mol. The maximum absolute atomic E-state index is 12.8. The lowest BCUT2D eigenvalue weighted by atomic mass is 10.1. The maximum atomic E-state index is 12.8. The van der Waals surface area contributed by atoms with Crippen LogP contribution in [0.4, 0.5) is 13.2 Å². The summed E-state index contributed by atoms with van der Waals surface area (Å²) < 4.78 is 38.3. The van der Waals surface area contributed by atoms with Crippen LogP contribution in [0.25, 0.3) is 0 Å². The van der Waals surface area contributed by atoms with Crippen molar-refractivity contribution in [3.8, 4) is 0 Å². The summed E-state index contributed by atoms with van der Waals surface area (Å²) >= 11 is 0. The summed E-state index contributed by atoms with van der Waals surface area (Å²) in [6.07, 6.45) is -1.39. The van der Waals surface area contributed by atoms with Crippen LogP contribution < -0.4 is 10.6 Å². The smallest absolute Gasteiger partial charge is 0.352 e. The average molecular weight is 302 g/mol. The number of rotatable bonds is 8. The summed E-state index contributed by atoms with van der Waals surface area (Å²) in [6, 6.07) is 5.29. The molecule has 0 fully saturated rings. The van der Waals surface area contributed by atoms with E-state index in [-0.39, 0.29) is 18.0 Å². The highest BCUT2D eigenvalue weighted by Gasteiger charge is 2.32. The lowest BCUT2D eigenvalue weighted by Crippen LogP contribution is -2.24. The van der Waals surface area contributed by atoms with Crippen LogP contribution in [0.5, 0.6) is 0 Å². The SMILES string of the molecule is CNCCCCCC(=O)NCc1ccccc1C(F)(F)F. The molecule has 6 heteroatoms. The zero-order valence-corrected chi connectivity index (χ0v) is 12.1. The van der Waals surface area contributed by atoms with Crippen molar-refractivity contribution in [2.24, 2.45) is 0 Å². The van der Waals surface area contributed by atoms with E-state index >= 15 is 0 Å². The highest BCUT2D eigenvalue weighted by Crippen LogP contribution is 2.31. The Balaban J connectivity index is 2.40. The van der Waals surface area contributed by atoms with Gasteiger partial charge in [0.25, 0.3) is 0 Å². The first kappa shape index (κ1) is 17.5. The lowest BCUT2D eigenvalue weighted by Gasteiger charge is -2.13. The molecule has 0 aliphatic carbocycles. The summed E-state index contributed by atoms with van der Waals surface area (Å²) in [5.41, 5.74) is -0.604. The quantitative estimate of drug-likeness (QED) is 0.725. The van der Waals surface area contributed by atoms with E-state index in [0.29, 0.717) is 6.42 Å². The number of hydrogen-bond acceptors (Lipinski definition) is 2. The first-order valence-corrected chi connectivity index (χ1v) is 7.01. The second-order valence-electron chi connectivity index (χ2n) is 4.85. The molecule has 0 atom stereocenters. The second kappa shape index (κ2) is 8.67. The number of halogens is 3. The summed E-state index contributed by atoms with van der Waals surface area (Å²) in [5, 5.41) is 5.56. The van der Waals surface area contributed by atoms with Crippen molar-refractivity contribution >= 4 is 5.91 Å². The minimum Gasteiger partial charge on any atom is -0.352 e. The van der Waals surface area contributed by atoms with Crippen molar-refractivity contribution in [2.45, 2.75) is 38.4 Å². The van der Waals surface area contributed by atoms with Gasteiger partial charge in [-0.3, -0.25) is 4.79 Å². The molecule has 21 heavy (non-hydrogen) atoms. The number of amides is 1. The van der Waals surface area contributed by atoms with Crippen LogP contribution in [-0.2, 0) is 17.5 Å². The normalized spacial score (nSPS) is 11.4. The van der Waals surface area contributed by atoms with Gasteiger partial charge in [-0.1, -0.05) is 24.6 Å². The van der Waals surface area contributed by atoms with E-state index in [1.807, 2.05) is 7.05 Å². The van der Waals surface area contributed by atoms with E-state index < -0.39 is 11.7 Å². The molecule has 0 spiro atoms. The molecule has 0 heterocycles. The van der Waals surface area contributed by atoms with Gasteiger partial charge >= 0.3 is 6.18 Å². The van der Waals surface area contributed by atoms with Crippen molar-refractivity contribution in [3.63, 3.8) is 0 Å². The van der Waals surface area contributed by atoms with E-state index in [9.17, 15) is 18.0 Å². The van der Waals surface area contributed by atoms with Gasteiger partial charge in [0.15, 0.2) is 0 Å². The van der Waals surface area contributed by atoms with Gasteiger partial charge in [0.1, 0.15) is 0 Å². The first-order chi connectivity index (χ1) is 9.95. The number of unbranched alkanes of at least 4 members (excludes halogenated alkanes) is 2. The molecule has 1 aromatic rings. The zero-order chi connectivity index (χ0) is 15.7. The summed E-state index contributed by atoms with van der Waals surface area (Å²) in [6.45, 7) is 0.811. The van der Waals surface area contributed by atoms with Crippen molar-refractivity contribution in [1.29, 1.82) is 0 Å². The Hall–Kier alpha value is -1.56. The maximum Gasteiger partial charge on any atom is 0.416 e. The summed E-state index contributed by atoms with van der Waals surface area (Å²) in [4.78, 5) is 11.6. The van der Waals surface area contributed by atoms with Gasteiger partial charge in [-0.25, -0.2) is 0 Å². The molecule has 0 saturated heterocycles. The molecule has 0 aromatic heterocycles. The van der Waals surface area contributed by atoms with Gasteiger partial charge in [-0.2, -0.15) is 13.2 Å². The molecule has 1 amide bonds. The number of carbonyl (C=O) groups is 1. The van der Waals surface area contributed by atoms with Crippen LogP contribution in [0.15, 0.2) is 24.3 Å². The molecule has 1 aromatic carbocycles. The second-order valence-corrected chi connectivity index (χ2v) is 4.85. The molecule has 0 unspecified atom stereocenters. The Bertz CT molecular complexity index is 447. The van der Waals surface area contributed by atoms with E-state index in [1.54, 1.807) is 0 Å². The number of nitrogens with one attached hydrogen (secondary N) is 2. The predicted octanol–water partition coefficient (Wildman–Crippen LogP) is 3.10. The van der Waals surface area contributed by atoms with Crippen molar-refractivity contribution in [3.05, 3.63) is 35.4 Å². The Morgan fingerprint density at radius 1 is 1.14 bits per heavy atom. The van der Waals surface area contributed by atoms with Gasteiger partial charge in [0, 0.05) is 13.0 Å². The van der Waals surface area contributed by atoms with Crippen LogP contribution in [0.1, 0.15) is 36.8 Å². The molecule has 0 radical (unpaired) electrons. The van der Waals surface area contributed by atoms with E-state index in [0.717, 1.165) is 31.9 Å². The fourth-order valence-electron chi connectivity index (χ4n) is 2.00. The zero-order valence-electron chi connectivity index (χ0n) is 12.1. The highest BCUT2D eigenvalue weighted by atomic mass is 19.4. The third-order valence-electron chi connectivity index (χ3n) is 3.13. The molecule has 0 aliphatic heterocycles. The third-order valence-corrected chi connectivity index (χ3v) is 3.13. The van der Waals surface area contributed by atoms with Crippen molar-refractivity contribution in [2.75, 3.05) is 13.6 Å². The first-order valence-electron chi connectivity index (χ1n) is 7.01. The highest BCUT2D eigenvalue weighted by molar-refractivity contribution is 5.75. The van der Waals surface area contributed by atoms with Gasteiger partial charge in [0.05, 0.1) is 5.56 Å². The summed E-state index contributed by atoms with van der Waals surface area (Å²) in [7, 11) is 1.87. The number of alkyl halides is 3. The monoisotopic (exact) mass is 302 g/mol. The topological polar surface area (TPSA) is 41.1 Å². The fraction of sp³-hybridized carbons (Fsp3) is 0.533. The van der Waals surface area contributed by atoms with E-state index in [4.69, 9.17) is 0 Å². The molecule has 3 nitrogen and oxygen atoms in total. The van der Waals surface area contributed by atoms with Gasteiger partial charge in [0.2, 0.25) is 5.91 Å². The third kappa shape index (κ3) is 6.62. The number of hydrogen-bond donors (Lipinski definition) is 2. The Morgan fingerprint density at radius 3 is 2.52 bits per heavy atom. The lowest BCUT2D eigenvalue weighted by molar-refractivity contribution is -0.138. The van der Waals surface area contributed by atoms with Gasteiger partial charge in [-0.15, -0.1) is 0 Å². The van der Waals surface area contributed by atoms with Gasteiger partial charge < -0.3 is 10.6 Å². The minimum atomic E-state index is -4.39. The van der Waals surface area contributed by atoms with Crippen molar-refractivity contribution in [1.82, 2.24) is 10.6 Å². The standard InChI is InChI=1S/C15H21F3N2O/c1-19-10-6-2-3-9-14(21)20-11-12-7-4-5-8-13(12)15(16,17)18/h4-5,7-8,19H,2-3,6,9-11H2,1H3,(H,20,21).